The molecule has 2 aromatic carbocycles. The first-order chi connectivity index (χ1) is 15.0. The van der Waals surface area contributed by atoms with Gasteiger partial charge in [-0.1, -0.05) is 24.6 Å². The molecule has 1 atom stereocenters. The van der Waals surface area contributed by atoms with Gasteiger partial charge in [0.05, 0.1) is 23.8 Å². The lowest BCUT2D eigenvalue weighted by Crippen LogP contribution is -2.49. The van der Waals surface area contributed by atoms with Crippen LogP contribution in [0.1, 0.15) is 19.3 Å². The van der Waals surface area contributed by atoms with Gasteiger partial charge in [-0.25, -0.2) is 12.8 Å². The molecule has 7 nitrogen and oxygen atoms in total. The van der Waals surface area contributed by atoms with E-state index in [1.165, 1.54) is 22.5 Å². The number of ether oxygens (including phenoxy) is 1. The maximum absolute atomic E-state index is 14.7. The Labute approximate surface area is 181 Å². The van der Waals surface area contributed by atoms with E-state index in [0.29, 0.717) is 50.5 Å². The second-order valence-electron chi connectivity index (χ2n) is 7.70. The second kappa shape index (κ2) is 9.33. The maximum Gasteiger partial charge on any atom is 0.243 e. The van der Waals surface area contributed by atoms with Gasteiger partial charge in [0.15, 0.2) is 0 Å². The van der Waals surface area contributed by atoms with Crippen molar-refractivity contribution in [2.24, 2.45) is 0 Å². The molecule has 0 aromatic heterocycles. The first-order valence-electron chi connectivity index (χ1n) is 10.5. The molecule has 2 aromatic rings. The molecule has 2 heterocycles. The molecule has 166 valence electrons. The molecule has 9 heteroatoms. The number of hydrogen-bond donors (Lipinski definition) is 1. The van der Waals surface area contributed by atoms with E-state index in [1.807, 2.05) is 4.90 Å². The molecule has 0 saturated carbocycles. The lowest BCUT2D eigenvalue weighted by Gasteiger charge is -2.33. The summed E-state index contributed by atoms with van der Waals surface area (Å²) in [6.45, 7) is 2.59. The molecule has 0 bridgehead atoms. The van der Waals surface area contributed by atoms with Gasteiger partial charge in [-0.3, -0.25) is 4.79 Å². The van der Waals surface area contributed by atoms with Crippen molar-refractivity contribution in [1.29, 1.82) is 0 Å². The number of anilines is 2. The fourth-order valence-corrected chi connectivity index (χ4v) is 5.73. The topological polar surface area (TPSA) is 79.0 Å². The Morgan fingerprint density at radius 2 is 1.77 bits per heavy atom. The minimum atomic E-state index is -3.80. The Morgan fingerprint density at radius 3 is 2.48 bits per heavy atom. The highest BCUT2D eigenvalue weighted by Crippen LogP contribution is 2.28. The summed E-state index contributed by atoms with van der Waals surface area (Å²) in [5.41, 5.74) is 0.773. The number of sulfonamides is 1. The summed E-state index contributed by atoms with van der Waals surface area (Å²) in [7, 11) is -3.80. The average Bonchev–Trinajstić information content (AvgIpc) is 2.80. The summed E-state index contributed by atoms with van der Waals surface area (Å²) in [5.74, 6) is -0.880. The summed E-state index contributed by atoms with van der Waals surface area (Å²) in [4.78, 5) is 15.1. The zero-order chi connectivity index (χ0) is 21.8. The number of morpholine rings is 1. The van der Waals surface area contributed by atoms with Crippen molar-refractivity contribution in [2.45, 2.75) is 30.2 Å². The number of piperidine rings is 1. The number of rotatable bonds is 5. The minimum absolute atomic E-state index is 0.163. The zero-order valence-corrected chi connectivity index (χ0v) is 18.0. The van der Waals surface area contributed by atoms with Gasteiger partial charge in [-0.2, -0.15) is 4.31 Å². The van der Waals surface area contributed by atoms with Crippen LogP contribution in [-0.4, -0.2) is 57.5 Å². The summed E-state index contributed by atoms with van der Waals surface area (Å²) in [5, 5.41) is 2.71. The molecular weight excluding hydrogens is 421 g/mol. The molecule has 2 aliphatic heterocycles. The van der Waals surface area contributed by atoms with Gasteiger partial charge >= 0.3 is 0 Å². The highest BCUT2D eigenvalue weighted by molar-refractivity contribution is 7.89. The molecule has 4 rings (SSSR count). The Kier molecular flexibility index (Phi) is 6.54. The molecule has 1 amide bonds. The lowest BCUT2D eigenvalue weighted by molar-refractivity contribution is -0.120. The van der Waals surface area contributed by atoms with E-state index in [4.69, 9.17) is 4.74 Å². The van der Waals surface area contributed by atoms with E-state index >= 15 is 0 Å². The van der Waals surface area contributed by atoms with E-state index in [0.717, 1.165) is 6.42 Å². The van der Waals surface area contributed by atoms with Crippen LogP contribution in [0.3, 0.4) is 0 Å². The Bertz CT molecular complexity index is 1030. The van der Waals surface area contributed by atoms with Gasteiger partial charge in [0.25, 0.3) is 0 Å². The molecule has 2 fully saturated rings. The predicted molar refractivity (Wildman–Crippen MR) is 116 cm³/mol. The zero-order valence-electron chi connectivity index (χ0n) is 17.2. The third-order valence-electron chi connectivity index (χ3n) is 5.67. The summed E-state index contributed by atoms with van der Waals surface area (Å²) < 4.78 is 47.4. The van der Waals surface area contributed by atoms with Crippen LogP contribution in [0.2, 0.25) is 0 Å². The SMILES string of the molecule is O=C(Nc1ccc(N2CCOCC2)c(F)c1)C1CCCCN1S(=O)(=O)c1ccccc1. The number of benzene rings is 2. The van der Waals surface area contributed by atoms with Crippen LogP contribution in [0.25, 0.3) is 0 Å². The van der Waals surface area contributed by atoms with Crippen LogP contribution < -0.4 is 10.2 Å². The summed E-state index contributed by atoms with van der Waals surface area (Å²) >= 11 is 0. The quantitative estimate of drug-likeness (QED) is 0.763. The minimum Gasteiger partial charge on any atom is -0.378 e. The third kappa shape index (κ3) is 4.73. The predicted octanol–water partition coefficient (Wildman–Crippen LogP) is 2.84. The van der Waals surface area contributed by atoms with Crippen LogP contribution in [-0.2, 0) is 19.6 Å². The fourth-order valence-electron chi connectivity index (χ4n) is 4.05. The Morgan fingerprint density at radius 1 is 1.03 bits per heavy atom. The number of amides is 1. The van der Waals surface area contributed by atoms with E-state index < -0.39 is 27.8 Å². The van der Waals surface area contributed by atoms with E-state index in [2.05, 4.69) is 5.32 Å². The molecule has 2 saturated heterocycles. The normalized spacial score (nSPS) is 20.4. The van der Waals surface area contributed by atoms with Gasteiger partial charge in [0.1, 0.15) is 11.9 Å². The highest BCUT2D eigenvalue weighted by Gasteiger charge is 2.37. The van der Waals surface area contributed by atoms with Crippen LogP contribution in [0, 0.1) is 5.82 Å². The van der Waals surface area contributed by atoms with Crippen LogP contribution in [0.4, 0.5) is 15.8 Å². The molecule has 1 N–H and O–H groups in total. The van der Waals surface area contributed by atoms with Crippen molar-refractivity contribution in [3.05, 3.63) is 54.3 Å². The van der Waals surface area contributed by atoms with Crippen molar-refractivity contribution >= 4 is 27.3 Å². The van der Waals surface area contributed by atoms with Crippen molar-refractivity contribution in [3.63, 3.8) is 0 Å². The number of halogens is 1. The number of carbonyl (C=O) groups is 1. The van der Waals surface area contributed by atoms with Gasteiger partial charge in [0, 0.05) is 25.3 Å². The molecule has 0 aliphatic carbocycles. The molecule has 0 radical (unpaired) electrons. The van der Waals surface area contributed by atoms with Crippen LogP contribution in [0.5, 0.6) is 0 Å². The van der Waals surface area contributed by atoms with E-state index in [-0.39, 0.29) is 11.4 Å². The standard InChI is InChI=1S/C22H26FN3O4S/c23-19-16-17(9-10-20(19)25-12-14-30-15-13-25)24-22(27)21-8-4-5-11-26(21)31(28,29)18-6-2-1-3-7-18/h1-3,6-7,9-10,16,21H,4-5,8,11-15H2,(H,24,27). The maximum atomic E-state index is 14.7. The average molecular weight is 448 g/mol. The Hall–Kier alpha value is -2.49. The second-order valence-corrected chi connectivity index (χ2v) is 9.59. The van der Waals surface area contributed by atoms with Gasteiger partial charge in [-0.15, -0.1) is 0 Å². The highest BCUT2D eigenvalue weighted by atomic mass is 32.2. The molecule has 0 spiro atoms. The van der Waals surface area contributed by atoms with Crippen molar-refractivity contribution in [2.75, 3.05) is 43.1 Å². The van der Waals surface area contributed by atoms with Crippen LogP contribution >= 0.6 is 0 Å². The van der Waals surface area contributed by atoms with Gasteiger partial charge < -0.3 is 15.0 Å². The molecular formula is C22H26FN3O4S. The monoisotopic (exact) mass is 447 g/mol. The number of nitrogens with one attached hydrogen (secondary N) is 1. The smallest absolute Gasteiger partial charge is 0.243 e. The fraction of sp³-hybridized carbons (Fsp3) is 0.409. The third-order valence-corrected chi connectivity index (χ3v) is 7.60. The van der Waals surface area contributed by atoms with Crippen molar-refractivity contribution < 1.29 is 22.3 Å². The number of carbonyl (C=O) groups excluding carboxylic acids is 1. The first kappa shape index (κ1) is 21.7. The Balaban J connectivity index is 1.51. The number of hydrogen-bond acceptors (Lipinski definition) is 5. The van der Waals surface area contributed by atoms with Crippen LogP contribution in [0.15, 0.2) is 53.4 Å². The molecule has 2 aliphatic rings. The summed E-state index contributed by atoms with van der Waals surface area (Å²) in [6, 6.07) is 11.8. The van der Waals surface area contributed by atoms with Crippen molar-refractivity contribution in [1.82, 2.24) is 4.31 Å². The number of nitrogens with zero attached hydrogens (tertiary/aromatic N) is 2. The van der Waals surface area contributed by atoms with Gasteiger partial charge in [-0.05, 0) is 43.2 Å². The molecule has 1 unspecified atom stereocenters. The molecule has 31 heavy (non-hydrogen) atoms. The van der Waals surface area contributed by atoms with E-state index in [1.54, 1.807) is 30.3 Å². The van der Waals surface area contributed by atoms with Crippen molar-refractivity contribution in [3.8, 4) is 0 Å². The van der Waals surface area contributed by atoms with E-state index in [9.17, 15) is 17.6 Å². The largest absolute Gasteiger partial charge is 0.378 e. The first-order valence-corrected chi connectivity index (χ1v) is 11.9. The lowest BCUT2D eigenvalue weighted by atomic mass is 10.0. The summed E-state index contributed by atoms with van der Waals surface area (Å²) in [6.07, 6.45) is 1.87. The van der Waals surface area contributed by atoms with Gasteiger partial charge in [0.2, 0.25) is 15.9 Å².